The summed E-state index contributed by atoms with van der Waals surface area (Å²) in [6.07, 6.45) is 1.64. The van der Waals surface area contributed by atoms with E-state index in [0.29, 0.717) is 12.4 Å². The molecule has 0 saturated heterocycles. The molecule has 1 saturated carbocycles. The fourth-order valence-electron chi connectivity index (χ4n) is 3.62. The molecule has 1 aromatic carbocycles. The molecule has 1 aliphatic carbocycles. The van der Waals surface area contributed by atoms with Gasteiger partial charge >= 0.3 is 5.97 Å². The van der Waals surface area contributed by atoms with Gasteiger partial charge in [-0.3, -0.25) is 4.79 Å². The second-order valence-corrected chi connectivity index (χ2v) is 7.38. The number of carboxylic acids is 1. The SMILES string of the molecule is CCOC1CC(NC(=O)c2ccn(-c3ccc(OC)cc3)n2)(C(=O)O)C1(C)C. The molecule has 8 nitrogen and oxygen atoms in total. The van der Waals surface area contributed by atoms with Crippen molar-refractivity contribution in [1.82, 2.24) is 15.1 Å². The third-order valence-corrected chi connectivity index (χ3v) is 5.62. The number of ether oxygens (including phenoxy) is 2. The second kappa shape index (κ2) is 7.27. The molecule has 3 rings (SSSR count). The Morgan fingerprint density at radius 2 is 1.96 bits per heavy atom. The first-order valence-electron chi connectivity index (χ1n) is 9.12. The van der Waals surface area contributed by atoms with Gasteiger partial charge in [-0.25, -0.2) is 9.48 Å². The van der Waals surface area contributed by atoms with Gasteiger partial charge in [0.1, 0.15) is 11.3 Å². The smallest absolute Gasteiger partial charge is 0.330 e. The summed E-state index contributed by atoms with van der Waals surface area (Å²) in [7, 11) is 1.59. The van der Waals surface area contributed by atoms with Gasteiger partial charge in [0.2, 0.25) is 0 Å². The minimum absolute atomic E-state index is 0.145. The van der Waals surface area contributed by atoms with E-state index in [1.54, 1.807) is 50.0 Å². The maximum Gasteiger partial charge on any atom is 0.330 e. The molecule has 0 aliphatic heterocycles. The highest BCUT2D eigenvalue weighted by Crippen LogP contribution is 2.51. The number of rotatable bonds is 7. The zero-order valence-corrected chi connectivity index (χ0v) is 16.4. The molecule has 28 heavy (non-hydrogen) atoms. The molecule has 8 heteroatoms. The van der Waals surface area contributed by atoms with Crippen LogP contribution < -0.4 is 10.1 Å². The van der Waals surface area contributed by atoms with Gasteiger partial charge in [-0.1, -0.05) is 13.8 Å². The Hall–Kier alpha value is -2.87. The van der Waals surface area contributed by atoms with Gasteiger partial charge in [-0.2, -0.15) is 5.10 Å². The second-order valence-electron chi connectivity index (χ2n) is 7.38. The van der Waals surface area contributed by atoms with Crippen molar-refractivity contribution in [1.29, 1.82) is 0 Å². The molecule has 1 amide bonds. The first kappa shape index (κ1) is 19.9. The van der Waals surface area contributed by atoms with Crippen molar-refractivity contribution in [2.24, 2.45) is 5.41 Å². The van der Waals surface area contributed by atoms with Crippen molar-refractivity contribution < 1.29 is 24.2 Å². The highest BCUT2D eigenvalue weighted by molar-refractivity contribution is 5.97. The number of aliphatic carboxylic acids is 1. The Labute approximate surface area is 163 Å². The number of carbonyl (C=O) groups excluding carboxylic acids is 1. The molecule has 150 valence electrons. The van der Waals surface area contributed by atoms with Gasteiger partial charge in [-0.15, -0.1) is 0 Å². The predicted molar refractivity (Wildman–Crippen MR) is 102 cm³/mol. The van der Waals surface area contributed by atoms with Crippen LogP contribution in [0.2, 0.25) is 0 Å². The van der Waals surface area contributed by atoms with E-state index < -0.39 is 22.8 Å². The number of nitrogens with one attached hydrogen (secondary N) is 1. The lowest BCUT2D eigenvalue weighted by Gasteiger charge is -2.58. The van der Waals surface area contributed by atoms with Crippen molar-refractivity contribution in [2.45, 2.75) is 38.8 Å². The summed E-state index contributed by atoms with van der Waals surface area (Å²) in [5, 5.41) is 16.8. The summed E-state index contributed by atoms with van der Waals surface area (Å²) in [5.41, 5.74) is -1.24. The van der Waals surface area contributed by atoms with E-state index in [4.69, 9.17) is 9.47 Å². The molecule has 1 aliphatic rings. The Bertz CT molecular complexity index is 874. The Kier molecular flexibility index (Phi) is 5.16. The zero-order chi connectivity index (χ0) is 20.5. The first-order chi connectivity index (χ1) is 13.2. The van der Waals surface area contributed by atoms with Crippen LogP contribution in [0.25, 0.3) is 5.69 Å². The average molecular weight is 387 g/mol. The number of amides is 1. The van der Waals surface area contributed by atoms with Crippen LogP contribution in [0.1, 0.15) is 37.7 Å². The molecule has 2 unspecified atom stereocenters. The van der Waals surface area contributed by atoms with E-state index in [1.165, 1.54) is 0 Å². The highest BCUT2D eigenvalue weighted by Gasteiger charge is 2.66. The van der Waals surface area contributed by atoms with Crippen LogP contribution in [0.15, 0.2) is 36.5 Å². The van der Waals surface area contributed by atoms with Gasteiger partial charge in [0.15, 0.2) is 5.69 Å². The van der Waals surface area contributed by atoms with Gasteiger partial charge in [0, 0.05) is 24.6 Å². The normalized spacial score (nSPS) is 22.9. The first-order valence-corrected chi connectivity index (χ1v) is 9.12. The van der Waals surface area contributed by atoms with Crippen LogP contribution in [0.4, 0.5) is 0 Å². The fourth-order valence-corrected chi connectivity index (χ4v) is 3.62. The summed E-state index contributed by atoms with van der Waals surface area (Å²) in [6.45, 7) is 5.94. The zero-order valence-electron chi connectivity index (χ0n) is 16.4. The standard InChI is InChI=1S/C20H25N3O5/c1-5-28-16-12-20(18(25)26,19(16,2)3)21-17(24)15-10-11-23(22-15)13-6-8-14(27-4)9-7-13/h6-11,16H,5,12H2,1-4H3,(H,21,24)(H,25,26). The third kappa shape index (κ3) is 3.13. The number of benzene rings is 1. The van der Waals surface area contributed by atoms with Crippen molar-refractivity contribution >= 4 is 11.9 Å². The van der Waals surface area contributed by atoms with Crippen LogP contribution in [0.5, 0.6) is 5.75 Å². The topological polar surface area (TPSA) is 103 Å². The Morgan fingerprint density at radius 1 is 1.29 bits per heavy atom. The van der Waals surface area contributed by atoms with Gasteiger partial charge in [0.25, 0.3) is 5.91 Å². The summed E-state index contributed by atoms with van der Waals surface area (Å²) in [4.78, 5) is 24.8. The highest BCUT2D eigenvalue weighted by atomic mass is 16.5. The number of aromatic nitrogens is 2. The minimum Gasteiger partial charge on any atom is -0.497 e. The number of hydrogen-bond donors (Lipinski definition) is 2. The molecular weight excluding hydrogens is 362 g/mol. The van der Waals surface area contributed by atoms with Gasteiger partial charge in [0.05, 0.1) is 18.9 Å². The van der Waals surface area contributed by atoms with E-state index in [0.717, 1.165) is 5.69 Å². The molecule has 1 heterocycles. The lowest BCUT2D eigenvalue weighted by Crippen LogP contribution is -2.76. The molecule has 0 bridgehead atoms. The lowest BCUT2D eigenvalue weighted by molar-refractivity contribution is -0.190. The summed E-state index contributed by atoms with van der Waals surface area (Å²) in [5.74, 6) is -0.887. The van der Waals surface area contributed by atoms with E-state index in [9.17, 15) is 14.7 Å². The molecule has 2 aromatic rings. The molecule has 2 atom stereocenters. The number of carbonyl (C=O) groups is 2. The Balaban J connectivity index is 1.79. The van der Waals surface area contributed by atoms with Crippen molar-refractivity contribution in [3.63, 3.8) is 0 Å². The monoisotopic (exact) mass is 387 g/mol. The summed E-state index contributed by atoms with van der Waals surface area (Å²) in [6, 6.07) is 8.77. The van der Waals surface area contributed by atoms with Gasteiger partial charge < -0.3 is 19.9 Å². The largest absolute Gasteiger partial charge is 0.497 e. The van der Waals surface area contributed by atoms with Crippen LogP contribution in [0.3, 0.4) is 0 Å². The van der Waals surface area contributed by atoms with Crippen molar-refractivity contribution in [3.05, 3.63) is 42.2 Å². The van der Waals surface area contributed by atoms with Crippen LogP contribution in [-0.2, 0) is 9.53 Å². The van der Waals surface area contributed by atoms with Crippen molar-refractivity contribution in [2.75, 3.05) is 13.7 Å². The molecule has 0 spiro atoms. The number of hydrogen-bond acceptors (Lipinski definition) is 5. The molecule has 2 N–H and O–H groups in total. The van der Waals surface area contributed by atoms with E-state index in [1.807, 2.05) is 19.1 Å². The van der Waals surface area contributed by atoms with Crippen LogP contribution >= 0.6 is 0 Å². The van der Waals surface area contributed by atoms with E-state index in [2.05, 4.69) is 10.4 Å². The maximum absolute atomic E-state index is 12.7. The van der Waals surface area contributed by atoms with Crippen LogP contribution in [0, 0.1) is 5.41 Å². The molecule has 0 radical (unpaired) electrons. The molecule has 1 aromatic heterocycles. The predicted octanol–water partition coefficient (Wildman–Crippen LogP) is 2.27. The van der Waals surface area contributed by atoms with E-state index >= 15 is 0 Å². The quantitative estimate of drug-likeness (QED) is 0.756. The number of carboxylic acid groups (broad SMARTS) is 1. The Morgan fingerprint density at radius 3 is 2.50 bits per heavy atom. The molecular formula is C20H25N3O5. The maximum atomic E-state index is 12.7. The number of methoxy groups -OCH3 is 1. The average Bonchev–Trinajstić information content (AvgIpc) is 3.17. The molecule has 1 fully saturated rings. The van der Waals surface area contributed by atoms with E-state index in [-0.39, 0.29) is 18.2 Å². The van der Waals surface area contributed by atoms with Crippen molar-refractivity contribution in [3.8, 4) is 11.4 Å². The summed E-state index contributed by atoms with van der Waals surface area (Å²) < 4.78 is 12.3. The van der Waals surface area contributed by atoms with Gasteiger partial charge in [-0.05, 0) is 37.3 Å². The lowest BCUT2D eigenvalue weighted by atomic mass is 9.54. The fraction of sp³-hybridized carbons (Fsp3) is 0.450. The number of nitrogens with zero attached hydrogens (tertiary/aromatic N) is 2. The van der Waals surface area contributed by atoms with Crippen LogP contribution in [-0.4, -0.2) is 52.1 Å². The summed E-state index contributed by atoms with van der Waals surface area (Å²) >= 11 is 0. The third-order valence-electron chi connectivity index (χ3n) is 5.62. The minimum atomic E-state index is -1.40.